The van der Waals surface area contributed by atoms with E-state index in [0.717, 1.165) is 12.8 Å². The molecule has 1 aliphatic carbocycles. The van der Waals surface area contributed by atoms with Gasteiger partial charge in [-0.3, -0.25) is 10.1 Å². The normalized spacial score (nSPS) is 15.8. The lowest BCUT2D eigenvalue weighted by molar-refractivity contribution is -0.116. The second-order valence-corrected chi connectivity index (χ2v) is 3.13. The number of aromatic nitrogens is 2. The highest BCUT2D eigenvalue weighted by Gasteiger charge is 2.28. The Morgan fingerprint density at radius 1 is 1.69 bits per heavy atom. The maximum Gasteiger partial charge on any atom is 0.328 e. The molecule has 0 saturated heterocycles. The summed E-state index contributed by atoms with van der Waals surface area (Å²) in [6.07, 6.45) is 2.67. The summed E-state index contributed by atoms with van der Waals surface area (Å²) >= 11 is 0. The van der Waals surface area contributed by atoms with E-state index in [1.165, 1.54) is 0 Å². The molecular weight excluding hydrogens is 170 g/mol. The van der Waals surface area contributed by atoms with E-state index in [9.17, 15) is 4.79 Å². The quantitative estimate of drug-likeness (QED) is 0.763. The molecule has 0 atom stereocenters. The first kappa shape index (κ1) is 8.22. The Bertz CT molecular complexity index is 317. The molecule has 0 radical (unpaired) electrons. The molecule has 0 bridgehead atoms. The van der Waals surface area contributed by atoms with Gasteiger partial charge in [-0.05, 0) is 12.8 Å². The van der Waals surface area contributed by atoms with E-state index in [0.29, 0.717) is 18.2 Å². The van der Waals surface area contributed by atoms with Gasteiger partial charge in [0.15, 0.2) is 5.82 Å². The van der Waals surface area contributed by atoms with Crippen molar-refractivity contribution < 1.29 is 9.32 Å². The fourth-order valence-electron chi connectivity index (χ4n) is 1.00. The first-order chi connectivity index (χ1) is 6.29. The molecule has 1 fully saturated rings. The minimum atomic E-state index is -0.106. The zero-order valence-corrected chi connectivity index (χ0v) is 7.41. The number of nitrogens with zero attached hydrogens (tertiary/aromatic N) is 2. The SMILES string of the molecule is CCC(=O)Nc1nc(C2CC2)no1. The van der Waals surface area contributed by atoms with Crippen molar-refractivity contribution in [3.63, 3.8) is 0 Å². The van der Waals surface area contributed by atoms with Gasteiger partial charge in [-0.1, -0.05) is 12.1 Å². The molecule has 0 aliphatic heterocycles. The van der Waals surface area contributed by atoms with Crippen LogP contribution in [0.4, 0.5) is 6.01 Å². The van der Waals surface area contributed by atoms with E-state index in [-0.39, 0.29) is 11.9 Å². The minimum absolute atomic E-state index is 0.106. The zero-order valence-electron chi connectivity index (χ0n) is 7.41. The maximum absolute atomic E-state index is 10.9. The number of nitrogens with one attached hydrogen (secondary N) is 1. The van der Waals surface area contributed by atoms with Crippen LogP contribution in [0.3, 0.4) is 0 Å². The molecule has 1 N–H and O–H groups in total. The van der Waals surface area contributed by atoms with Crippen LogP contribution in [0.25, 0.3) is 0 Å². The molecule has 1 amide bonds. The van der Waals surface area contributed by atoms with E-state index < -0.39 is 0 Å². The van der Waals surface area contributed by atoms with Crippen LogP contribution >= 0.6 is 0 Å². The Balaban J connectivity index is 2.00. The van der Waals surface area contributed by atoms with E-state index in [2.05, 4.69) is 15.5 Å². The van der Waals surface area contributed by atoms with Crippen molar-refractivity contribution >= 4 is 11.9 Å². The largest absolute Gasteiger partial charge is 0.328 e. The summed E-state index contributed by atoms with van der Waals surface area (Å²) in [6.45, 7) is 1.77. The first-order valence-electron chi connectivity index (χ1n) is 4.43. The van der Waals surface area contributed by atoms with Crippen molar-refractivity contribution in [2.75, 3.05) is 5.32 Å². The Kier molecular flexibility index (Phi) is 2.00. The molecular formula is C8H11N3O2. The van der Waals surface area contributed by atoms with Gasteiger partial charge in [0.05, 0.1) is 0 Å². The lowest BCUT2D eigenvalue weighted by Crippen LogP contribution is -2.09. The molecule has 13 heavy (non-hydrogen) atoms. The van der Waals surface area contributed by atoms with Crippen LogP contribution in [-0.4, -0.2) is 16.0 Å². The average Bonchev–Trinajstić information content (AvgIpc) is 2.88. The number of carbonyl (C=O) groups excluding carboxylic acids is 1. The predicted octanol–water partition coefficient (Wildman–Crippen LogP) is 1.30. The van der Waals surface area contributed by atoms with Gasteiger partial charge in [-0.15, -0.1) is 0 Å². The predicted molar refractivity (Wildman–Crippen MR) is 45.2 cm³/mol. The molecule has 2 rings (SSSR count). The maximum atomic E-state index is 10.9. The van der Waals surface area contributed by atoms with Gasteiger partial charge in [0, 0.05) is 12.3 Å². The van der Waals surface area contributed by atoms with E-state index >= 15 is 0 Å². The lowest BCUT2D eigenvalue weighted by atomic mass is 10.4. The van der Waals surface area contributed by atoms with Gasteiger partial charge < -0.3 is 4.52 Å². The molecule has 5 heteroatoms. The molecule has 1 aliphatic rings. The van der Waals surface area contributed by atoms with Crippen molar-refractivity contribution in [2.45, 2.75) is 32.1 Å². The smallest absolute Gasteiger partial charge is 0.315 e. The number of anilines is 1. The van der Waals surface area contributed by atoms with Gasteiger partial charge in [0.25, 0.3) is 0 Å². The monoisotopic (exact) mass is 181 g/mol. The van der Waals surface area contributed by atoms with Crippen molar-refractivity contribution in [2.24, 2.45) is 0 Å². The van der Waals surface area contributed by atoms with Crippen LogP contribution < -0.4 is 5.32 Å². The molecule has 1 heterocycles. The van der Waals surface area contributed by atoms with Gasteiger partial charge in [-0.25, -0.2) is 0 Å². The molecule has 1 saturated carbocycles. The molecule has 1 aromatic rings. The zero-order chi connectivity index (χ0) is 9.26. The van der Waals surface area contributed by atoms with Gasteiger partial charge in [0.1, 0.15) is 0 Å². The Morgan fingerprint density at radius 3 is 3.08 bits per heavy atom. The fourth-order valence-corrected chi connectivity index (χ4v) is 1.00. The molecule has 0 unspecified atom stereocenters. The highest BCUT2D eigenvalue weighted by atomic mass is 16.5. The first-order valence-corrected chi connectivity index (χ1v) is 4.43. The molecule has 0 spiro atoms. The van der Waals surface area contributed by atoms with Crippen molar-refractivity contribution in [1.29, 1.82) is 0 Å². The summed E-state index contributed by atoms with van der Waals surface area (Å²) in [4.78, 5) is 15.0. The van der Waals surface area contributed by atoms with Crippen LogP contribution in [0.5, 0.6) is 0 Å². The molecule has 70 valence electrons. The Morgan fingerprint density at radius 2 is 2.46 bits per heavy atom. The highest BCUT2D eigenvalue weighted by molar-refractivity contribution is 5.88. The van der Waals surface area contributed by atoms with Crippen molar-refractivity contribution in [1.82, 2.24) is 10.1 Å². The molecule has 1 aromatic heterocycles. The summed E-state index contributed by atoms with van der Waals surface area (Å²) in [7, 11) is 0. The van der Waals surface area contributed by atoms with Crippen molar-refractivity contribution in [3.05, 3.63) is 5.82 Å². The van der Waals surface area contributed by atoms with E-state index in [1.54, 1.807) is 6.92 Å². The number of rotatable bonds is 3. The van der Waals surface area contributed by atoms with Crippen LogP contribution in [-0.2, 0) is 4.79 Å². The Labute approximate surface area is 75.5 Å². The lowest BCUT2D eigenvalue weighted by Gasteiger charge is -1.92. The molecule has 5 nitrogen and oxygen atoms in total. The van der Waals surface area contributed by atoms with Gasteiger partial charge in [0.2, 0.25) is 5.91 Å². The standard InChI is InChI=1S/C8H11N3O2/c1-2-6(12)9-8-10-7(11-13-8)5-3-4-5/h5H,2-4H2,1H3,(H,9,10,11,12). The summed E-state index contributed by atoms with van der Waals surface area (Å²) in [6, 6.07) is 0.216. The Hall–Kier alpha value is -1.39. The van der Waals surface area contributed by atoms with Crippen LogP contribution in [0.1, 0.15) is 37.9 Å². The van der Waals surface area contributed by atoms with Crippen molar-refractivity contribution in [3.8, 4) is 0 Å². The summed E-state index contributed by atoms with van der Waals surface area (Å²) in [5, 5.41) is 6.28. The third-order valence-electron chi connectivity index (χ3n) is 1.95. The van der Waals surface area contributed by atoms with Crippen LogP contribution in [0.15, 0.2) is 4.52 Å². The summed E-state index contributed by atoms with van der Waals surface area (Å²) in [5.41, 5.74) is 0. The van der Waals surface area contributed by atoms with Gasteiger partial charge in [-0.2, -0.15) is 4.98 Å². The van der Waals surface area contributed by atoms with Crippen LogP contribution in [0, 0.1) is 0 Å². The van der Waals surface area contributed by atoms with Gasteiger partial charge >= 0.3 is 6.01 Å². The number of hydrogen-bond donors (Lipinski definition) is 1. The fraction of sp³-hybridized carbons (Fsp3) is 0.625. The third kappa shape index (κ3) is 1.85. The van der Waals surface area contributed by atoms with E-state index in [1.807, 2.05) is 0 Å². The summed E-state index contributed by atoms with van der Waals surface area (Å²) < 4.78 is 4.85. The topological polar surface area (TPSA) is 68.0 Å². The average molecular weight is 181 g/mol. The third-order valence-corrected chi connectivity index (χ3v) is 1.95. The molecule has 0 aromatic carbocycles. The van der Waals surface area contributed by atoms with Crippen LogP contribution in [0.2, 0.25) is 0 Å². The summed E-state index contributed by atoms with van der Waals surface area (Å²) in [5.74, 6) is 1.06. The second kappa shape index (κ2) is 3.16. The number of amides is 1. The second-order valence-electron chi connectivity index (χ2n) is 3.13. The minimum Gasteiger partial charge on any atom is -0.315 e. The number of carbonyl (C=O) groups is 1. The van der Waals surface area contributed by atoms with E-state index in [4.69, 9.17) is 4.52 Å². The highest BCUT2D eigenvalue weighted by Crippen LogP contribution is 2.38. The number of hydrogen-bond acceptors (Lipinski definition) is 4.